The highest BCUT2D eigenvalue weighted by atomic mass is 32.2. The smallest absolute Gasteiger partial charge is 0.268 e. The standard InChI is InChI=1S/C4H8O5S2/c5-10(6)3-1-2-4-11(7,8)9/h1-2H,3-4H2,(H,5,6)(H,7,8,9)/p-1/b2-1-. The molecule has 0 aromatic rings. The Morgan fingerprint density at radius 3 is 2.36 bits per heavy atom. The fourth-order valence-electron chi connectivity index (χ4n) is 0.336. The van der Waals surface area contributed by atoms with E-state index in [1.165, 1.54) is 0 Å². The van der Waals surface area contributed by atoms with E-state index in [0.29, 0.717) is 0 Å². The Balaban J connectivity index is 3.71. The van der Waals surface area contributed by atoms with Crippen molar-refractivity contribution in [3.05, 3.63) is 12.2 Å². The molecular weight excluding hydrogens is 192 g/mol. The SMILES string of the molecule is O=S([O-])C/C=C\CS(=O)(=O)O. The van der Waals surface area contributed by atoms with E-state index in [-0.39, 0.29) is 5.75 Å². The van der Waals surface area contributed by atoms with Crippen LogP contribution in [0.5, 0.6) is 0 Å². The zero-order valence-corrected chi connectivity index (χ0v) is 7.10. The van der Waals surface area contributed by atoms with Crippen LogP contribution in [0.3, 0.4) is 0 Å². The molecule has 0 aliphatic carbocycles. The van der Waals surface area contributed by atoms with Crippen molar-refractivity contribution < 1.29 is 21.7 Å². The molecule has 1 unspecified atom stereocenters. The van der Waals surface area contributed by atoms with Gasteiger partial charge in [-0.2, -0.15) is 8.42 Å². The van der Waals surface area contributed by atoms with E-state index in [0.717, 1.165) is 12.2 Å². The molecule has 1 N–H and O–H groups in total. The highest BCUT2D eigenvalue weighted by Crippen LogP contribution is 1.84. The Bertz CT molecular complexity index is 252. The molecule has 0 rings (SSSR count). The lowest BCUT2D eigenvalue weighted by molar-refractivity contribution is 0.486. The van der Waals surface area contributed by atoms with Gasteiger partial charge in [0.15, 0.2) is 0 Å². The molecular formula is C4H7O5S2-. The summed E-state index contributed by atoms with van der Waals surface area (Å²) in [7, 11) is -4.01. The fraction of sp³-hybridized carbons (Fsp3) is 0.500. The number of hydrogen-bond donors (Lipinski definition) is 1. The van der Waals surface area contributed by atoms with Crippen LogP contribution in [0.4, 0.5) is 0 Å². The summed E-state index contributed by atoms with van der Waals surface area (Å²) >= 11 is -2.21. The lowest BCUT2D eigenvalue weighted by atomic mass is 10.6. The second-order valence-corrected chi connectivity index (χ2v) is 4.13. The molecule has 0 fully saturated rings. The zero-order chi connectivity index (χ0) is 8.91. The Labute approximate surface area is 67.2 Å². The molecule has 11 heavy (non-hydrogen) atoms. The molecule has 0 bridgehead atoms. The summed E-state index contributed by atoms with van der Waals surface area (Å²) in [4.78, 5) is 0. The predicted octanol–water partition coefficient (Wildman–Crippen LogP) is -0.690. The van der Waals surface area contributed by atoms with Gasteiger partial charge in [-0.3, -0.25) is 8.76 Å². The van der Waals surface area contributed by atoms with Crippen molar-refractivity contribution in [1.29, 1.82) is 0 Å². The first-order chi connectivity index (χ1) is 4.92. The molecule has 7 heteroatoms. The van der Waals surface area contributed by atoms with E-state index in [1.807, 2.05) is 0 Å². The Morgan fingerprint density at radius 1 is 1.45 bits per heavy atom. The van der Waals surface area contributed by atoms with Crippen molar-refractivity contribution in [3.8, 4) is 0 Å². The van der Waals surface area contributed by atoms with E-state index >= 15 is 0 Å². The molecule has 0 heterocycles. The molecule has 0 saturated carbocycles. The molecule has 0 aromatic heterocycles. The van der Waals surface area contributed by atoms with Gasteiger partial charge < -0.3 is 4.55 Å². The average Bonchev–Trinajstić information content (AvgIpc) is 1.78. The highest BCUT2D eigenvalue weighted by Gasteiger charge is 1.97. The molecule has 66 valence electrons. The molecule has 1 atom stereocenters. The normalized spacial score (nSPS) is 15.5. The lowest BCUT2D eigenvalue weighted by Crippen LogP contribution is -2.01. The fourth-order valence-corrected chi connectivity index (χ4v) is 1.01. The maximum absolute atomic E-state index is 10.0. The molecule has 0 aliphatic heterocycles. The summed E-state index contributed by atoms with van der Waals surface area (Å²) in [5.41, 5.74) is 0. The maximum atomic E-state index is 10.0. The Kier molecular flexibility index (Phi) is 4.50. The van der Waals surface area contributed by atoms with Crippen molar-refractivity contribution in [2.75, 3.05) is 11.5 Å². The minimum Gasteiger partial charge on any atom is -0.772 e. The molecule has 0 amide bonds. The van der Waals surface area contributed by atoms with Crippen LogP contribution in [0.25, 0.3) is 0 Å². The van der Waals surface area contributed by atoms with Gasteiger partial charge in [0.2, 0.25) is 0 Å². The predicted molar refractivity (Wildman–Crippen MR) is 39.3 cm³/mol. The molecule has 0 aliphatic rings. The largest absolute Gasteiger partial charge is 0.772 e. The Hall–Kier alpha value is -0.240. The number of hydrogen-bond acceptors (Lipinski definition) is 4. The van der Waals surface area contributed by atoms with Crippen LogP contribution < -0.4 is 0 Å². The summed E-state index contributed by atoms with van der Waals surface area (Å²) in [5.74, 6) is -0.792. The Morgan fingerprint density at radius 2 is 2.00 bits per heavy atom. The topological polar surface area (TPSA) is 94.5 Å². The van der Waals surface area contributed by atoms with E-state index in [4.69, 9.17) is 4.55 Å². The van der Waals surface area contributed by atoms with Gasteiger partial charge in [-0.15, -0.1) is 0 Å². The maximum Gasteiger partial charge on any atom is 0.268 e. The second kappa shape index (κ2) is 4.60. The average molecular weight is 199 g/mol. The van der Waals surface area contributed by atoms with E-state index in [2.05, 4.69) is 0 Å². The summed E-state index contributed by atoms with van der Waals surface area (Å²) in [5, 5.41) is 0. The van der Waals surface area contributed by atoms with Crippen molar-refractivity contribution in [1.82, 2.24) is 0 Å². The van der Waals surface area contributed by atoms with Crippen LogP contribution >= 0.6 is 0 Å². The van der Waals surface area contributed by atoms with Gasteiger partial charge in [-0.1, -0.05) is 23.2 Å². The van der Waals surface area contributed by atoms with Gasteiger partial charge in [0.25, 0.3) is 10.1 Å². The van der Waals surface area contributed by atoms with Crippen LogP contribution in [0, 0.1) is 0 Å². The summed E-state index contributed by atoms with van der Waals surface area (Å²) in [6.45, 7) is 0. The minimum atomic E-state index is -4.01. The van der Waals surface area contributed by atoms with Crippen LogP contribution in [0.2, 0.25) is 0 Å². The third-order valence-electron chi connectivity index (χ3n) is 0.706. The molecule has 0 radical (unpaired) electrons. The van der Waals surface area contributed by atoms with Gasteiger partial charge in [-0.25, -0.2) is 0 Å². The third-order valence-corrected chi connectivity index (χ3v) is 1.78. The van der Waals surface area contributed by atoms with Crippen molar-refractivity contribution in [3.63, 3.8) is 0 Å². The summed E-state index contributed by atoms with van der Waals surface area (Å²) in [6.07, 6.45) is 2.22. The van der Waals surface area contributed by atoms with Crippen LogP contribution in [-0.2, 0) is 21.2 Å². The van der Waals surface area contributed by atoms with Crippen molar-refractivity contribution in [2.45, 2.75) is 0 Å². The zero-order valence-electron chi connectivity index (χ0n) is 5.47. The quantitative estimate of drug-likeness (QED) is 0.367. The lowest BCUT2D eigenvalue weighted by Gasteiger charge is -1.97. The first-order valence-corrected chi connectivity index (χ1v) is 5.43. The third kappa shape index (κ3) is 9.76. The molecule has 0 spiro atoms. The second-order valence-electron chi connectivity index (χ2n) is 1.69. The minimum absolute atomic E-state index is 0.241. The van der Waals surface area contributed by atoms with Crippen molar-refractivity contribution >= 4 is 21.2 Å². The molecule has 5 nitrogen and oxygen atoms in total. The van der Waals surface area contributed by atoms with Gasteiger partial charge >= 0.3 is 0 Å². The van der Waals surface area contributed by atoms with Crippen LogP contribution in [0.1, 0.15) is 0 Å². The van der Waals surface area contributed by atoms with Gasteiger partial charge in [0.05, 0.1) is 5.75 Å². The first kappa shape index (κ1) is 10.8. The highest BCUT2D eigenvalue weighted by molar-refractivity contribution is 7.85. The number of rotatable bonds is 4. The van der Waals surface area contributed by atoms with E-state index in [1.54, 1.807) is 0 Å². The van der Waals surface area contributed by atoms with Crippen LogP contribution in [-0.4, -0.2) is 33.2 Å². The van der Waals surface area contributed by atoms with Gasteiger partial charge in [-0.05, 0) is 0 Å². The summed E-state index contributed by atoms with van der Waals surface area (Å²) in [6, 6.07) is 0. The summed E-state index contributed by atoms with van der Waals surface area (Å²) < 4.78 is 47.9. The van der Waals surface area contributed by atoms with E-state index in [9.17, 15) is 17.2 Å². The van der Waals surface area contributed by atoms with Gasteiger partial charge in [0.1, 0.15) is 0 Å². The monoisotopic (exact) mass is 199 g/mol. The first-order valence-electron chi connectivity index (χ1n) is 2.58. The molecule has 0 aromatic carbocycles. The molecule has 0 saturated heterocycles. The van der Waals surface area contributed by atoms with Crippen LogP contribution in [0.15, 0.2) is 12.2 Å². The van der Waals surface area contributed by atoms with Gasteiger partial charge in [0, 0.05) is 5.75 Å². The van der Waals surface area contributed by atoms with Crippen molar-refractivity contribution in [2.24, 2.45) is 0 Å². The van der Waals surface area contributed by atoms with E-state index < -0.39 is 27.0 Å².